The first-order chi connectivity index (χ1) is 12.1. The average Bonchev–Trinajstić information content (AvgIpc) is 2.90. The third kappa shape index (κ3) is 5.85. The van der Waals surface area contributed by atoms with Gasteiger partial charge < -0.3 is 14.2 Å². The van der Waals surface area contributed by atoms with Crippen molar-refractivity contribution < 1.29 is 19.0 Å². The second-order valence-corrected chi connectivity index (χ2v) is 8.05. The smallest absolute Gasteiger partial charge is 0.410 e. The molecule has 1 aromatic carbocycles. The maximum Gasteiger partial charge on any atom is 0.410 e. The molecule has 0 saturated carbocycles. The van der Waals surface area contributed by atoms with Gasteiger partial charge in [0, 0.05) is 6.54 Å². The molecular weight excluding hydrogens is 330 g/mol. The summed E-state index contributed by atoms with van der Waals surface area (Å²) in [6.07, 6.45) is 1.80. The van der Waals surface area contributed by atoms with Crippen LogP contribution in [0, 0.1) is 0 Å². The Morgan fingerprint density at radius 3 is 2.54 bits per heavy atom. The van der Waals surface area contributed by atoms with Crippen LogP contribution in [0.2, 0.25) is 0 Å². The van der Waals surface area contributed by atoms with Gasteiger partial charge in [0.15, 0.2) is 5.79 Å². The Labute approximate surface area is 156 Å². The number of carbonyl (C=O) groups excluding carboxylic acids is 1. The number of nitrogens with zero attached hydrogens (tertiary/aromatic N) is 1. The molecule has 2 atom stereocenters. The van der Waals surface area contributed by atoms with E-state index in [1.54, 1.807) is 4.90 Å². The van der Waals surface area contributed by atoms with E-state index in [0.29, 0.717) is 19.6 Å². The normalized spacial score (nSPS) is 20.4. The summed E-state index contributed by atoms with van der Waals surface area (Å²) in [4.78, 5) is 14.7. The number of ether oxygens (including phenoxy) is 3. The van der Waals surface area contributed by atoms with Crippen LogP contribution in [0.3, 0.4) is 0 Å². The van der Waals surface area contributed by atoms with Crippen molar-refractivity contribution in [1.82, 2.24) is 4.90 Å². The van der Waals surface area contributed by atoms with Gasteiger partial charge in [0.2, 0.25) is 0 Å². The monoisotopic (exact) mass is 361 g/mol. The molecule has 0 unspecified atom stereocenters. The molecule has 0 aromatic heterocycles. The second kappa shape index (κ2) is 8.23. The highest BCUT2D eigenvalue weighted by Gasteiger charge is 2.41. The Morgan fingerprint density at radius 2 is 2.04 bits per heavy atom. The van der Waals surface area contributed by atoms with E-state index in [9.17, 15) is 4.79 Å². The molecule has 0 bridgehead atoms. The maximum atomic E-state index is 13.0. The van der Waals surface area contributed by atoms with Crippen molar-refractivity contribution in [1.29, 1.82) is 0 Å². The Kier molecular flexibility index (Phi) is 6.48. The number of hydrogen-bond donors (Lipinski definition) is 0. The highest BCUT2D eigenvalue weighted by atomic mass is 16.7. The van der Waals surface area contributed by atoms with E-state index in [1.807, 2.05) is 71.0 Å². The van der Waals surface area contributed by atoms with Gasteiger partial charge in [-0.05, 0) is 46.6 Å². The predicted octanol–water partition coefficient (Wildman–Crippen LogP) is 4.52. The van der Waals surface area contributed by atoms with Crippen molar-refractivity contribution in [3.8, 4) is 0 Å². The molecule has 1 fully saturated rings. The lowest BCUT2D eigenvalue weighted by Gasteiger charge is -2.36. The minimum absolute atomic E-state index is 0.218. The van der Waals surface area contributed by atoms with Crippen molar-refractivity contribution in [3.63, 3.8) is 0 Å². The molecule has 144 valence electrons. The molecule has 1 amide bonds. The van der Waals surface area contributed by atoms with Crippen LogP contribution >= 0.6 is 0 Å². The third-order valence-corrected chi connectivity index (χ3v) is 4.09. The summed E-state index contributed by atoms with van der Waals surface area (Å²) in [7, 11) is 0. The van der Waals surface area contributed by atoms with Gasteiger partial charge in [-0.25, -0.2) is 4.79 Å². The van der Waals surface area contributed by atoms with Crippen molar-refractivity contribution >= 4 is 6.09 Å². The summed E-state index contributed by atoms with van der Waals surface area (Å²) in [5.41, 5.74) is 0.461. The summed E-state index contributed by atoms with van der Waals surface area (Å²) in [5.74, 6) is -0.656. The molecule has 0 radical (unpaired) electrons. The van der Waals surface area contributed by atoms with Crippen LogP contribution < -0.4 is 0 Å². The van der Waals surface area contributed by atoms with E-state index in [4.69, 9.17) is 14.2 Å². The lowest BCUT2D eigenvalue weighted by atomic mass is 10.0. The maximum absolute atomic E-state index is 13.0. The minimum Gasteiger partial charge on any atom is -0.444 e. The van der Waals surface area contributed by atoms with Crippen molar-refractivity contribution in [3.05, 3.63) is 48.6 Å². The summed E-state index contributed by atoms with van der Waals surface area (Å²) >= 11 is 0. The Bertz CT molecular complexity index is 606. The molecule has 26 heavy (non-hydrogen) atoms. The van der Waals surface area contributed by atoms with Gasteiger partial charge in [-0.15, -0.1) is 6.58 Å². The van der Waals surface area contributed by atoms with E-state index < -0.39 is 11.4 Å². The van der Waals surface area contributed by atoms with Gasteiger partial charge >= 0.3 is 6.09 Å². The lowest BCUT2D eigenvalue weighted by molar-refractivity contribution is -0.146. The third-order valence-electron chi connectivity index (χ3n) is 4.09. The van der Waals surface area contributed by atoms with Gasteiger partial charge in [-0.1, -0.05) is 36.4 Å². The first kappa shape index (κ1) is 20.5. The van der Waals surface area contributed by atoms with Gasteiger partial charge in [0.1, 0.15) is 11.7 Å². The number of amides is 1. The van der Waals surface area contributed by atoms with Crippen LogP contribution in [-0.4, -0.2) is 41.1 Å². The SMILES string of the molecule is C=CC[C@@H]([C@H]1COC(C)(C)O1)N(Cc1ccccc1)C(=O)OC(C)(C)C. The van der Waals surface area contributed by atoms with Gasteiger partial charge in [-0.2, -0.15) is 0 Å². The molecule has 5 heteroatoms. The zero-order valence-electron chi connectivity index (χ0n) is 16.5. The Morgan fingerprint density at radius 1 is 1.38 bits per heavy atom. The molecule has 1 aromatic rings. The summed E-state index contributed by atoms with van der Waals surface area (Å²) in [5, 5.41) is 0. The molecular formula is C21H31NO4. The van der Waals surface area contributed by atoms with Crippen LogP contribution in [0.4, 0.5) is 4.79 Å². The van der Waals surface area contributed by atoms with Crippen molar-refractivity contribution in [2.75, 3.05) is 6.61 Å². The standard InChI is InChI=1S/C21H31NO4/c1-7-11-17(18-15-24-21(5,6)25-18)22(19(23)26-20(2,3)4)14-16-12-9-8-10-13-16/h7-10,12-13,17-18H,1,11,14-15H2,2-6H3/t17-,18+/m0/s1. The molecule has 5 nitrogen and oxygen atoms in total. The highest BCUT2D eigenvalue weighted by Crippen LogP contribution is 2.29. The molecule has 2 rings (SSSR count). The fraction of sp³-hybridized carbons (Fsp3) is 0.571. The molecule has 0 aliphatic carbocycles. The van der Waals surface area contributed by atoms with Crippen molar-refractivity contribution in [2.24, 2.45) is 0 Å². The van der Waals surface area contributed by atoms with Gasteiger partial charge in [0.25, 0.3) is 0 Å². The Hall–Kier alpha value is -1.85. The van der Waals surface area contributed by atoms with E-state index in [-0.39, 0.29) is 18.2 Å². The summed E-state index contributed by atoms with van der Waals surface area (Å²) < 4.78 is 17.4. The summed E-state index contributed by atoms with van der Waals surface area (Å²) in [6, 6.07) is 9.66. The molecule has 0 N–H and O–H groups in total. The quantitative estimate of drug-likeness (QED) is 0.699. The summed E-state index contributed by atoms with van der Waals surface area (Å²) in [6.45, 7) is 14.1. The zero-order valence-corrected chi connectivity index (χ0v) is 16.5. The van der Waals surface area contributed by atoms with Crippen LogP contribution in [0.5, 0.6) is 0 Å². The van der Waals surface area contributed by atoms with Gasteiger partial charge in [-0.3, -0.25) is 4.90 Å². The molecule has 1 heterocycles. The number of benzene rings is 1. The molecule has 0 spiro atoms. The van der Waals surface area contributed by atoms with E-state index in [0.717, 1.165) is 5.56 Å². The average molecular weight is 361 g/mol. The molecule has 1 aliphatic heterocycles. The van der Waals surface area contributed by atoms with E-state index in [2.05, 4.69) is 6.58 Å². The van der Waals surface area contributed by atoms with Crippen LogP contribution in [0.1, 0.15) is 46.6 Å². The fourth-order valence-corrected chi connectivity index (χ4v) is 2.97. The molecule has 1 saturated heterocycles. The minimum atomic E-state index is -0.656. The first-order valence-corrected chi connectivity index (χ1v) is 9.07. The fourth-order valence-electron chi connectivity index (χ4n) is 2.97. The Balaban J connectivity index is 2.28. The number of carbonyl (C=O) groups is 1. The van der Waals surface area contributed by atoms with E-state index in [1.165, 1.54) is 0 Å². The number of hydrogen-bond acceptors (Lipinski definition) is 4. The van der Waals surface area contributed by atoms with Crippen LogP contribution in [0.15, 0.2) is 43.0 Å². The molecule has 1 aliphatic rings. The largest absolute Gasteiger partial charge is 0.444 e. The van der Waals surface area contributed by atoms with Crippen molar-refractivity contribution in [2.45, 2.75) is 71.1 Å². The zero-order chi connectivity index (χ0) is 19.4. The highest BCUT2D eigenvalue weighted by molar-refractivity contribution is 5.68. The van der Waals surface area contributed by atoms with Crippen LogP contribution in [0.25, 0.3) is 0 Å². The second-order valence-electron chi connectivity index (χ2n) is 8.05. The topological polar surface area (TPSA) is 48.0 Å². The predicted molar refractivity (Wildman–Crippen MR) is 102 cm³/mol. The van der Waals surface area contributed by atoms with E-state index >= 15 is 0 Å². The lowest BCUT2D eigenvalue weighted by Crippen LogP contribution is -2.49. The van der Waals surface area contributed by atoms with Crippen LogP contribution in [-0.2, 0) is 20.8 Å². The number of rotatable bonds is 6. The first-order valence-electron chi connectivity index (χ1n) is 9.07. The van der Waals surface area contributed by atoms with Gasteiger partial charge in [0.05, 0.1) is 12.6 Å².